The number of pyridine rings is 1. The summed E-state index contributed by atoms with van der Waals surface area (Å²) in [7, 11) is 1.63. The fourth-order valence-electron chi connectivity index (χ4n) is 4.23. The Balaban J connectivity index is 1.69. The summed E-state index contributed by atoms with van der Waals surface area (Å²) in [6.07, 6.45) is 1.23. The molecular formula is C24H27N3O2. The van der Waals surface area contributed by atoms with E-state index in [0.717, 1.165) is 41.2 Å². The van der Waals surface area contributed by atoms with E-state index < -0.39 is 0 Å². The number of carbonyl (C=O) groups is 1. The van der Waals surface area contributed by atoms with Crippen molar-refractivity contribution in [3.05, 3.63) is 60.2 Å². The molecule has 1 aliphatic heterocycles. The van der Waals surface area contributed by atoms with Gasteiger partial charge in [0, 0.05) is 24.2 Å². The first-order valence-electron chi connectivity index (χ1n) is 10.1. The van der Waals surface area contributed by atoms with Gasteiger partial charge in [0.15, 0.2) is 0 Å². The Hall–Kier alpha value is -3.08. The van der Waals surface area contributed by atoms with E-state index in [1.165, 1.54) is 6.42 Å². The van der Waals surface area contributed by atoms with Crippen LogP contribution in [0.3, 0.4) is 0 Å². The third kappa shape index (κ3) is 4.19. The van der Waals surface area contributed by atoms with Crippen molar-refractivity contribution in [1.82, 2.24) is 4.98 Å². The number of benzene rings is 2. The van der Waals surface area contributed by atoms with Crippen LogP contribution in [0.15, 0.2) is 54.6 Å². The molecule has 0 radical (unpaired) electrons. The van der Waals surface area contributed by atoms with Crippen LogP contribution >= 0.6 is 0 Å². The number of fused-ring (bicyclic) bond motifs is 1. The van der Waals surface area contributed by atoms with Crippen molar-refractivity contribution in [2.75, 3.05) is 30.4 Å². The lowest BCUT2D eigenvalue weighted by Crippen LogP contribution is -2.39. The molecule has 0 saturated carbocycles. The number of rotatable bonds is 4. The Bertz CT molecular complexity index is 1010. The standard InChI is InChI=1S/C24H27N3O2/c1-16-12-17(2)15-27(14-16)23-13-21(20-6-4-5-7-22(20)26-23)24(28)25-18-8-10-19(29-3)11-9-18/h4-11,13,16-17H,12,14-15H2,1-3H3,(H,25,28)/t16-,17-/m1/s1. The normalized spacial score (nSPS) is 19.2. The third-order valence-corrected chi connectivity index (χ3v) is 5.49. The lowest BCUT2D eigenvalue weighted by Gasteiger charge is -2.36. The van der Waals surface area contributed by atoms with Crippen LogP contribution in [0.25, 0.3) is 10.9 Å². The molecule has 1 fully saturated rings. The van der Waals surface area contributed by atoms with Gasteiger partial charge in [-0.1, -0.05) is 32.0 Å². The van der Waals surface area contributed by atoms with Crippen molar-refractivity contribution < 1.29 is 9.53 Å². The van der Waals surface area contributed by atoms with Gasteiger partial charge in [0.1, 0.15) is 11.6 Å². The van der Waals surface area contributed by atoms with Crippen LogP contribution in [-0.2, 0) is 0 Å². The third-order valence-electron chi connectivity index (χ3n) is 5.49. The lowest BCUT2D eigenvalue weighted by molar-refractivity contribution is 0.102. The summed E-state index contributed by atoms with van der Waals surface area (Å²) >= 11 is 0. The average Bonchev–Trinajstić information content (AvgIpc) is 2.72. The van der Waals surface area contributed by atoms with E-state index in [-0.39, 0.29) is 5.91 Å². The van der Waals surface area contributed by atoms with Crippen LogP contribution in [0.2, 0.25) is 0 Å². The first kappa shape index (κ1) is 19.2. The fourth-order valence-corrected chi connectivity index (χ4v) is 4.23. The van der Waals surface area contributed by atoms with Crippen LogP contribution in [0, 0.1) is 11.8 Å². The molecule has 0 unspecified atom stereocenters. The molecule has 2 aromatic carbocycles. The van der Waals surface area contributed by atoms with Crippen LogP contribution in [0.4, 0.5) is 11.5 Å². The first-order chi connectivity index (χ1) is 14.0. The van der Waals surface area contributed by atoms with Crippen molar-refractivity contribution in [3.8, 4) is 5.75 Å². The highest BCUT2D eigenvalue weighted by Crippen LogP contribution is 2.29. The quantitative estimate of drug-likeness (QED) is 0.684. The maximum absolute atomic E-state index is 13.2. The molecule has 5 heteroatoms. The highest BCUT2D eigenvalue weighted by atomic mass is 16.5. The molecule has 1 saturated heterocycles. The van der Waals surface area contributed by atoms with Gasteiger partial charge in [-0.25, -0.2) is 4.98 Å². The van der Waals surface area contributed by atoms with Gasteiger partial charge in [-0.3, -0.25) is 4.79 Å². The second-order valence-corrected chi connectivity index (χ2v) is 8.08. The van der Waals surface area contributed by atoms with Crippen molar-refractivity contribution >= 4 is 28.3 Å². The Morgan fingerprint density at radius 3 is 2.45 bits per heavy atom. The van der Waals surface area contributed by atoms with Gasteiger partial charge >= 0.3 is 0 Å². The van der Waals surface area contributed by atoms with Crippen molar-refractivity contribution in [2.45, 2.75) is 20.3 Å². The van der Waals surface area contributed by atoms with Crippen LogP contribution in [0.1, 0.15) is 30.6 Å². The van der Waals surface area contributed by atoms with Crippen LogP contribution in [0.5, 0.6) is 5.75 Å². The van der Waals surface area contributed by atoms with Crippen LogP contribution < -0.4 is 15.0 Å². The fraction of sp³-hybridized carbons (Fsp3) is 0.333. The number of anilines is 2. The van der Waals surface area contributed by atoms with E-state index in [1.54, 1.807) is 7.11 Å². The second kappa shape index (κ2) is 8.11. The maximum atomic E-state index is 13.2. The molecule has 2 heterocycles. The van der Waals surface area contributed by atoms with Gasteiger partial charge in [0.2, 0.25) is 0 Å². The van der Waals surface area contributed by atoms with Crippen molar-refractivity contribution in [2.24, 2.45) is 11.8 Å². The summed E-state index contributed by atoms with van der Waals surface area (Å²) in [5.41, 5.74) is 2.22. The molecule has 1 amide bonds. The Morgan fingerprint density at radius 2 is 1.76 bits per heavy atom. The number of ether oxygens (including phenoxy) is 1. The number of nitrogens with zero attached hydrogens (tertiary/aromatic N) is 2. The number of piperidine rings is 1. The molecule has 1 N–H and O–H groups in total. The first-order valence-corrected chi connectivity index (χ1v) is 10.1. The van der Waals surface area contributed by atoms with Gasteiger partial charge < -0.3 is 15.0 Å². The number of nitrogens with one attached hydrogen (secondary N) is 1. The van der Waals surface area contributed by atoms with E-state index in [2.05, 4.69) is 24.1 Å². The van der Waals surface area contributed by atoms with Gasteiger partial charge in [0.05, 0.1) is 18.2 Å². The molecule has 0 bridgehead atoms. The molecule has 0 aliphatic carbocycles. The number of hydrogen-bond acceptors (Lipinski definition) is 4. The minimum Gasteiger partial charge on any atom is -0.497 e. The monoisotopic (exact) mass is 389 g/mol. The zero-order valence-corrected chi connectivity index (χ0v) is 17.2. The molecule has 0 spiro atoms. The van der Waals surface area contributed by atoms with E-state index in [1.807, 2.05) is 54.6 Å². The summed E-state index contributed by atoms with van der Waals surface area (Å²) in [5.74, 6) is 2.73. The summed E-state index contributed by atoms with van der Waals surface area (Å²) < 4.78 is 5.19. The number of para-hydroxylation sites is 1. The molecule has 5 nitrogen and oxygen atoms in total. The smallest absolute Gasteiger partial charge is 0.256 e. The molecule has 29 heavy (non-hydrogen) atoms. The largest absolute Gasteiger partial charge is 0.497 e. The summed E-state index contributed by atoms with van der Waals surface area (Å²) in [4.78, 5) is 20.3. The number of hydrogen-bond donors (Lipinski definition) is 1. The van der Waals surface area contributed by atoms with Gasteiger partial charge in [-0.15, -0.1) is 0 Å². The average molecular weight is 389 g/mol. The van der Waals surface area contributed by atoms with E-state index in [4.69, 9.17) is 9.72 Å². The summed E-state index contributed by atoms with van der Waals surface area (Å²) in [6, 6.07) is 17.1. The zero-order valence-electron chi connectivity index (χ0n) is 17.2. The predicted molar refractivity (Wildman–Crippen MR) is 118 cm³/mol. The molecule has 4 rings (SSSR count). The molecular weight excluding hydrogens is 362 g/mol. The topological polar surface area (TPSA) is 54.5 Å². The molecule has 2 atom stereocenters. The molecule has 1 aliphatic rings. The lowest BCUT2D eigenvalue weighted by atomic mass is 9.92. The van der Waals surface area contributed by atoms with Gasteiger partial charge in [-0.05, 0) is 54.7 Å². The summed E-state index contributed by atoms with van der Waals surface area (Å²) in [5, 5.41) is 3.87. The maximum Gasteiger partial charge on any atom is 0.256 e. The van der Waals surface area contributed by atoms with Gasteiger partial charge in [-0.2, -0.15) is 0 Å². The van der Waals surface area contributed by atoms with Gasteiger partial charge in [0.25, 0.3) is 5.91 Å². The van der Waals surface area contributed by atoms with E-state index in [9.17, 15) is 4.79 Å². The number of aromatic nitrogens is 1. The molecule has 1 aromatic heterocycles. The Labute approximate surface area is 171 Å². The van der Waals surface area contributed by atoms with Crippen molar-refractivity contribution in [3.63, 3.8) is 0 Å². The Morgan fingerprint density at radius 1 is 1.07 bits per heavy atom. The van der Waals surface area contributed by atoms with E-state index in [0.29, 0.717) is 17.4 Å². The predicted octanol–water partition coefficient (Wildman–Crippen LogP) is 4.98. The van der Waals surface area contributed by atoms with E-state index >= 15 is 0 Å². The van der Waals surface area contributed by atoms with Crippen LogP contribution in [-0.4, -0.2) is 31.1 Å². The zero-order chi connectivity index (χ0) is 20.4. The molecule has 3 aromatic rings. The number of carbonyl (C=O) groups excluding carboxylic acids is 1. The Kier molecular flexibility index (Phi) is 5.38. The molecule has 150 valence electrons. The summed E-state index contributed by atoms with van der Waals surface area (Å²) in [6.45, 7) is 6.49. The van der Waals surface area contributed by atoms with Crippen molar-refractivity contribution in [1.29, 1.82) is 0 Å². The SMILES string of the molecule is COc1ccc(NC(=O)c2cc(N3C[C@H](C)C[C@@H](C)C3)nc3ccccc23)cc1. The number of methoxy groups -OCH3 is 1. The second-order valence-electron chi connectivity index (χ2n) is 8.08. The minimum atomic E-state index is -0.131. The highest BCUT2D eigenvalue weighted by Gasteiger charge is 2.24. The number of amides is 1. The highest BCUT2D eigenvalue weighted by molar-refractivity contribution is 6.13. The minimum absolute atomic E-state index is 0.131.